The lowest BCUT2D eigenvalue weighted by atomic mass is 9.50. The van der Waals surface area contributed by atoms with Crippen molar-refractivity contribution in [3.63, 3.8) is 0 Å². The molecule has 5 aliphatic rings. The summed E-state index contributed by atoms with van der Waals surface area (Å²) >= 11 is 0. The molecule has 9 heteroatoms. The Hall–Kier alpha value is -3.28. The summed E-state index contributed by atoms with van der Waals surface area (Å²) in [7, 11) is 1.47. The average molecular weight is 550 g/mol. The van der Waals surface area contributed by atoms with Gasteiger partial charge in [-0.25, -0.2) is 0 Å². The number of rotatable bonds is 9. The topological polar surface area (TPSA) is 138 Å². The predicted octanol–water partition coefficient (Wildman–Crippen LogP) is 4.04. The van der Waals surface area contributed by atoms with Gasteiger partial charge in [0.1, 0.15) is 17.6 Å². The first-order valence-corrected chi connectivity index (χ1v) is 14.7. The summed E-state index contributed by atoms with van der Waals surface area (Å²) in [6.07, 6.45) is 9.16. The lowest BCUT2D eigenvalue weighted by Gasteiger charge is -2.56. The second-order valence-electron chi connectivity index (χ2n) is 13.5. The van der Waals surface area contributed by atoms with Crippen molar-refractivity contribution in [2.45, 2.75) is 83.3 Å². The van der Waals surface area contributed by atoms with Crippen molar-refractivity contribution in [3.05, 3.63) is 23.3 Å². The summed E-state index contributed by atoms with van der Waals surface area (Å²) in [4.78, 5) is 38.2. The minimum Gasteiger partial charge on any atom is -0.496 e. The molecule has 40 heavy (non-hydrogen) atoms. The van der Waals surface area contributed by atoms with Crippen LogP contribution in [0.1, 0.15) is 87.1 Å². The Balaban J connectivity index is 1.14. The Morgan fingerprint density at radius 1 is 1.10 bits per heavy atom. The molecule has 1 spiro atoms. The molecule has 5 fully saturated rings. The van der Waals surface area contributed by atoms with Crippen LogP contribution in [0.2, 0.25) is 0 Å². The molecule has 1 aromatic rings. The number of nitriles is 1. The summed E-state index contributed by atoms with van der Waals surface area (Å²) in [6.45, 7) is 2.90. The average Bonchev–Trinajstić information content (AvgIpc) is 3.48. The molecular weight excluding hydrogens is 510 g/mol. The number of fused-ring (bicyclic) bond motifs is 2. The monoisotopic (exact) mass is 549 g/mol. The molecule has 4 atom stereocenters. The number of carbonyl (C=O) groups is 3. The molecule has 0 heterocycles. The first kappa shape index (κ1) is 26.9. The predicted molar refractivity (Wildman–Crippen MR) is 145 cm³/mol. The van der Waals surface area contributed by atoms with E-state index in [0.717, 1.165) is 44.9 Å². The van der Waals surface area contributed by atoms with Crippen LogP contribution in [0.5, 0.6) is 11.5 Å². The van der Waals surface area contributed by atoms with Gasteiger partial charge in [-0.3, -0.25) is 14.4 Å². The largest absolute Gasteiger partial charge is 0.496 e. The van der Waals surface area contributed by atoms with Gasteiger partial charge in [-0.15, -0.1) is 0 Å². The number of carboxylic acids is 1. The standard InChI is InChI=1S/C31H39N3O6/c1-30(6-3-7-30)16-33-28(36)25-17-4-5-18(8-17)26(25)34-27(35)22-10-23(19(15-32)9-24(22)39-2)40-21-13-31(14-21)11-20(12-31)29(37)38/h9-10,17-18,20-21,25-26H,3-8,11-14,16H2,1-2H3,(H,33,36)(H,34,35)(H,37,38)/t17-,18+,20?,21?,25+,26-,31?/m1/s1. The van der Waals surface area contributed by atoms with Crippen LogP contribution in [0.15, 0.2) is 12.1 Å². The van der Waals surface area contributed by atoms with Crippen LogP contribution in [0.4, 0.5) is 0 Å². The van der Waals surface area contributed by atoms with Crippen molar-refractivity contribution < 1.29 is 29.0 Å². The van der Waals surface area contributed by atoms with Crippen LogP contribution >= 0.6 is 0 Å². The number of carbonyl (C=O) groups excluding carboxylic acids is 2. The van der Waals surface area contributed by atoms with Gasteiger partial charge in [-0.2, -0.15) is 5.26 Å². The first-order valence-electron chi connectivity index (χ1n) is 14.7. The number of hydrogen-bond donors (Lipinski definition) is 3. The highest BCUT2D eigenvalue weighted by Gasteiger charge is 2.56. The first-order chi connectivity index (χ1) is 19.1. The zero-order valence-electron chi connectivity index (χ0n) is 23.3. The SMILES string of the molecule is COc1cc(C#N)c(OC2CC3(C2)CC(C(=O)O)C3)cc1C(=O)N[C@@H]1[C@H]2CC[C@H](C2)[C@@H]1C(=O)NCC1(C)CCC1. The zero-order valence-corrected chi connectivity index (χ0v) is 23.3. The Kier molecular flexibility index (Phi) is 6.71. The lowest BCUT2D eigenvalue weighted by Crippen LogP contribution is -2.53. The molecule has 3 N–H and O–H groups in total. The van der Waals surface area contributed by atoms with Crippen molar-refractivity contribution in [3.8, 4) is 17.6 Å². The normalized spacial score (nSPS) is 34.5. The number of carboxylic acid groups (broad SMARTS) is 1. The van der Waals surface area contributed by atoms with Gasteiger partial charge in [0, 0.05) is 18.7 Å². The van der Waals surface area contributed by atoms with Crippen molar-refractivity contribution in [2.75, 3.05) is 13.7 Å². The van der Waals surface area contributed by atoms with Gasteiger partial charge in [-0.1, -0.05) is 13.3 Å². The number of benzene rings is 1. The molecule has 2 bridgehead atoms. The fourth-order valence-corrected chi connectivity index (χ4v) is 8.23. The van der Waals surface area contributed by atoms with Crippen LogP contribution in [0.3, 0.4) is 0 Å². The molecule has 5 aliphatic carbocycles. The van der Waals surface area contributed by atoms with Crippen LogP contribution in [-0.2, 0) is 9.59 Å². The highest BCUT2D eigenvalue weighted by molar-refractivity contribution is 5.98. The number of nitrogens with one attached hydrogen (secondary N) is 2. The number of hydrogen-bond acceptors (Lipinski definition) is 6. The molecule has 5 saturated carbocycles. The van der Waals surface area contributed by atoms with Gasteiger partial charge < -0.3 is 25.2 Å². The summed E-state index contributed by atoms with van der Waals surface area (Å²) in [5.41, 5.74) is 0.785. The summed E-state index contributed by atoms with van der Waals surface area (Å²) in [5, 5.41) is 25.3. The van der Waals surface area contributed by atoms with Crippen molar-refractivity contribution in [2.24, 2.45) is 34.5 Å². The minimum atomic E-state index is -0.740. The molecule has 9 nitrogen and oxygen atoms in total. The van der Waals surface area contributed by atoms with E-state index < -0.39 is 5.97 Å². The highest BCUT2D eigenvalue weighted by Crippen LogP contribution is 2.59. The minimum absolute atomic E-state index is 0.0284. The van der Waals surface area contributed by atoms with Gasteiger partial charge in [-0.05, 0) is 86.5 Å². The van der Waals surface area contributed by atoms with Gasteiger partial charge in [0.2, 0.25) is 5.91 Å². The summed E-state index contributed by atoms with van der Waals surface area (Å²) in [5.74, 6) is -0.371. The molecule has 2 amide bonds. The lowest BCUT2D eigenvalue weighted by molar-refractivity contribution is -0.161. The van der Waals surface area contributed by atoms with E-state index >= 15 is 0 Å². The van der Waals surface area contributed by atoms with E-state index in [0.29, 0.717) is 25.1 Å². The molecule has 6 rings (SSSR count). The summed E-state index contributed by atoms with van der Waals surface area (Å²) in [6, 6.07) is 5.02. The molecule has 214 valence electrons. The highest BCUT2D eigenvalue weighted by atomic mass is 16.5. The third kappa shape index (κ3) is 4.69. The second-order valence-corrected chi connectivity index (χ2v) is 13.5. The van der Waals surface area contributed by atoms with Crippen LogP contribution in [0.25, 0.3) is 0 Å². The Bertz CT molecular complexity index is 1250. The zero-order chi connectivity index (χ0) is 28.2. The molecule has 0 unspecified atom stereocenters. The molecule has 0 aliphatic heterocycles. The molecule has 0 saturated heterocycles. The fourth-order valence-electron chi connectivity index (χ4n) is 8.23. The number of aliphatic carboxylic acids is 1. The van der Waals surface area contributed by atoms with Gasteiger partial charge >= 0.3 is 5.97 Å². The van der Waals surface area contributed by atoms with E-state index in [1.54, 1.807) is 6.07 Å². The number of amides is 2. The van der Waals surface area contributed by atoms with E-state index in [-0.39, 0.29) is 75.3 Å². The number of nitrogens with zero attached hydrogens (tertiary/aromatic N) is 1. The van der Waals surface area contributed by atoms with Crippen LogP contribution < -0.4 is 20.1 Å². The maximum atomic E-state index is 13.7. The maximum Gasteiger partial charge on any atom is 0.306 e. The smallest absolute Gasteiger partial charge is 0.306 e. The second kappa shape index (κ2) is 9.97. The number of ether oxygens (including phenoxy) is 2. The maximum absolute atomic E-state index is 13.7. The van der Waals surface area contributed by atoms with E-state index in [1.165, 1.54) is 19.6 Å². The van der Waals surface area contributed by atoms with Gasteiger partial charge in [0.15, 0.2) is 0 Å². The molecule has 0 aromatic heterocycles. The van der Waals surface area contributed by atoms with Crippen molar-refractivity contribution in [1.29, 1.82) is 5.26 Å². The molecular formula is C31H39N3O6. The van der Waals surface area contributed by atoms with Crippen molar-refractivity contribution >= 4 is 17.8 Å². The fraction of sp³-hybridized carbons (Fsp3) is 0.677. The number of methoxy groups -OCH3 is 1. The van der Waals surface area contributed by atoms with E-state index in [2.05, 4.69) is 23.6 Å². The van der Waals surface area contributed by atoms with Gasteiger partial charge in [0.05, 0.1) is 36.2 Å². The van der Waals surface area contributed by atoms with E-state index in [1.807, 2.05) is 0 Å². The van der Waals surface area contributed by atoms with Gasteiger partial charge in [0.25, 0.3) is 5.91 Å². The molecule has 0 radical (unpaired) electrons. The Morgan fingerprint density at radius 2 is 1.82 bits per heavy atom. The van der Waals surface area contributed by atoms with Crippen LogP contribution in [-0.4, -0.2) is 48.7 Å². The third-order valence-electron chi connectivity index (χ3n) is 10.8. The summed E-state index contributed by atoms with van der Waals surface area (Å²) < 4.78 is 11.7. The quantitative estimate of drug-likeness (QED) is 0.423. The van der Waals surface area contributed by atoms with Crippen LogP contribution in [0, 0.1) is 45.8 Å². The third-order valence-corrected chi connectivity index (χ3v) is 10.8. The van der Waals surface area contributed by atoms with E-state index in [9.17, 15) is 24.8 Å². The van der Waals surface area contributed by atoms with E-state index in [4.69, 9.17) is 9.47 Å². The Morgan fingerprint density at radius 3 is 2.45 bits per heavy atom. The Labute approximate surface area is 235 Å². The van der Waals surface area contributed by atoms with Crippen molar-refractivity contribution in [1.82, 2.24) is 10.6 Å². The molecule has 1 aromatic carbocycles.